The number of nitrogens with zero attached hydrogens (tertiary/aromatic N) is 1. The first-order valence-electron chi connectivity index (χ1n) is 8.47. The molecule has 1 aromatic carbocycles. The number of aromatic carboxylic acids is 1. The molecule has 0 spiro atoms. The van der Waals surface area contributed by atoms with Crippen LogP contribution in [0.4, 0.5) is 0 Å². The first-order chi connectivity index (χ1) is 12.4. The highest BCUT2D eigenvalue weighted by Crippen LogP contribution is 2.60. The van der Waals surface area contributed by atoms with Crippen LogP contribution in [0, 0.1) is 0 Å². The molecule has 10 heteroatoms. The van der Waals surface area contributed by atoms with E-state index in [1.165, 1.54) is 4.90 Å². The topological polar surface area (TPSA) is 143 Å². The third kappa shape index (κ3) is 2.70. The summed E-state index contributed by atoms with van der Waals surface area (Å²) in [6, 6.07) is 2.41. The fourth-order valence-electron chi connectivity index (χ4n) is 3.58. The average molecular weight is 362 g/mol. The molecule has 0 radical (unpaired) electrons. The van der Waals surface area contributed by atoms with E-state index in [9.17, 15) is 19.7 Å². The van der Waals surface area contributed by atoms with Crippen molar-refractivity contribution in [1.29, 1.82) is 0 Å². The molecule has 1 aliphatic carbocycles. The van der Waals surface area contributed by atoms with Crippen LogP contribution in [0.2, 0.25) is 5.82 Å². The van der Waals surface area contributed by atoms with E-state index in [0.29, 0.717) is 0 Å². The molecule has 1 aromatic rings. The molecule has 1 amide bonds. The number of nitrogens with two attached hydrogens (primary N) is 1. The second-order valence-corrected chi connectivity index (χ2v) is 6.95. The molecule has 0 aromatic heterocycles. The highest BCUT2D eigenvalue weighted by Gasteiger charge is 2.54. The normalized spacial score (nSPS) is 24.7. The molecule has 4 rings (SSSR count). The van der Waals surface area contributed by atoms with Gasteiger partial charge in [-0.2, -0.15) is 0 Å². The molecule has 138 valence electrons. The van der Waals surface area contributed by atoms with Gasteiger partial charge in [-0.25, -0.2) is 4.79 Å². The third-order valence-electron chi connectivity index (χ3n) is 5.18. The lowest BCUT2D eigenvalue weighted by Crippen LogP contribution is -2.60. The lowest BCUT2D eigenvalue weighted by molar-refractivity contribution is -0.142. The first-order valence-corrected chi connectivity index (χ1v) is 8.47. The number of ether oxygens (including phenoxy) is 1. The molecule has 3 unspecified atom stereocenters. The Labute approximate surface area is 149 Å². The van der Waals surface area contributed by atoms with E-state index in [2.05, 4.69) is 0 Å². The largest absolute Gasteiger partial charge is 0.535 e. The van der Waals surface area contributed by atoms with Gasteiger partial charge in [-0.05, 0) is 24.0 Å². The molecule has 2 heterocycles. The van der Waals surface area contributed by atoms with Gasteiger partial charge in [0, 0.05) is 5.82 Å². The van der Waals surface area contributed by atoms with Crippen LogP contribution in [0.3, 0.4) is 0 Å². The van der Waals surface area contributed by atoms with E-state index >= 15 is 0 Å². The van der Waals surface area contributed by atoms with Gasteiger partial charge in [0.05, 0.1) is 19.7 Å². The maximum Gasteiger partial charge on any atom is 0.526 e. The van der Waals surface area contributed by atoms with Crippen LogP contribution in [0.25, 0.3) is 0 Å². The third-order valence-corrected chi connectivity index (χ3v) is 5.18. The molecule has 3 atom stereocenters. The number of aliphatic hydroxyl groups is 1. The second-order valence-electron chi connectivity index (χ2n) is 6.95. The zero-order chi connectivity index (χ0) is 18.6. The van der Waals surface area contributed by atoms with Crippen LogP contribution in [-0.4, -0.2) is 71.0 Å². The SMILES string of the molecule is NC(CO)C(=O)N1CC(Oc2ccc3c(c2C(=O)O)OB(O)C2CC32)C1. The Morgan fingerprint density at radius 2 is 2.15 bits per heavy atom. The van der Waals surface area contributed by atoms with Crippen LogP contribution in [0.5, 0.6) is 11.5 Å². The van der Waals surface area contributed by atoms with Gasteiger partial charge in [-0.3, -0.25) is 4.79 Å². The summed E-state index contributed by atoms with van der Waals surface area (Å²) >= 11 is 0. The first kappa shape index (κ1) is 17.1. The number of rotatable bonds is 5. The number of hydrogen-bond acceptors (Lipinski definition) is 7. The molecule has 2 fully saturated rings. The van der Waals surface area contributed by atoms with Crippen LogP contribution in [0.15, 0.2) is 12.1 Å². The number of carboxylic acids is 1. The van der Waals surface area contributed by atoms with Crippen molar-refractivity contribution in [3.63, 3.8) is 0 Å². The monoisotopic (exact) mass is 362 g/mol. The molecule has 3 aliphatic rings. The molecule has 1 saturated carbocycles. The van der Waals surface area contributed by atoms with Crippen molar-refractivity contribution < 1.29 is 34.2 Å². The van der Waals surface area contributed by atoms with E-state index in [0.717, 1.165) is 12.0 Å². The standard InChI is InChI=1S/C16H19BN2O7/c18-11(6-20)15(21)19-4-7(5-19)25-12-2-1-8-9-3-10(9)17(24)26-14(8)13(12)16(22)23/h1-2,7,9-11,20,24H,3-6,18H2,(H,22,23). The smallest absolute Gasteiger partial charge is 0.526 e. The van der Waals surface area contributed by atoms with Crippen molar-refractivity contribution in [1.82, 2.24) is 4.90 Å². The Kier molecular flexibility index (Phi) is 4.05. The van der Waals surface area contributed by atoms with Gasteiger partial charge in [0.25, 0.3) is 0 Å². The molecule has 5 N–H and O–H groups in total. The molecule has 26 heavy (non-hydrogen) atoms. The molecule has 2 aliphatic heterocycles. The zero-order valence-electron chi connectivity index (χ0n) is 13.9. The summed E-state index contributed by atoms with van der Waals surface area (Å²) in [5.41, 5.74) is 6.17. The number of carbonyl (C=O) groups excluding carboxylic acids is 1. The number of hydrogen-bond donors (Lipinski definition) is 4. The average Bonchev–Trinajstić information content (AvgIpc) is 3.37. The van der Waals surface area contributed by atoms with Gasteiger partial charge in [0.2, 0.25) is 5.91 Å². The van der Waals surface area contributed by atoms with Crippen LogP contribution >= 0.6 is 0 Å². The molecular weight excluding hydrogens is 343 g/mol. The second kappa shape index (κ2) is 6.15. The van der Waals surface area contributed by atoms with Crippen molar-refractivity contribution in [2.45, 2.75) is 30.3 Å². The Morgan fingerprint density at radius 1 is 1.42 bits per heavy atom. The van der Waals surface area contributed by atoms with Gasteiger partial charge in [0.1, 0.15) is 29.2 Å². The minimum atomic E-state index is -1.20. The highest BCUT2D eigenvalue weighted by atomic mass is 16.5. The van der Waals surface area contributed by atoms with Crippen LogP contribution < -0.4 is 15.1 Å². The molecular formula is C16H19BN2O7. The van der Waals surface area contributed by atoms with E-state index in [4.69, 9.17) is 20.2 Å². The van der Waals surface area contributed by atoms with Crippen LogP contribution in [-0.2, 0) is 4.79 Å². The minimum absolute atomic E-state index is 0.0258. The lowest BCUT2D eigenvalue weighted by Gasteiger charge is -2.40. The summed E-state index contributed by atoms with van der Waals surface area (Å²) < 4.78 is 11.2. The number of carboxylic acid groups (broad SMARTS) is 1. The van der Waals surface area contributed by atoms with Crippen molar-refractivity contribution in [2.75, 3.05) is 19.7 Å². The summed E-state index contributed by atoms with van der Waals surface area (Å²) in [5.74, 6) is -1.11. The predicted molar refractivity (Wildman–Crippen MR) is 89.2 cm³/mol. The molecule has 1 saturated heterocycles. The zero-order valence-corrected chi connectivity index (χ0v) is 13.9. The number of aliphatic hydroxyl groups excluding tert-OH is 1. The fourth-order valence-corrected chi connectivity index (χ4v) is 3.58. The number of carbonyl (C=O) groups is 2. The fraction of sp³-hybridized carbons (Fsp3) is 0.500. The highest BCUT2D eigenvalue weighted by molar-refractivity contribution is 6.48. The number of fused-ring (bicyclic) bond motifs is 3. The van der Waals surface area contributed by atoms with Gasteiger partial charge >= 0.3 is 13.1 Å². The predicted octanol–water partition coefficient (Wildman–Crippen LogP) is -0.976. The van der Waals surface area contributed by atoms with E-state index in [1.54, 1.807) is 12.1 Å². The summed E-state index contributed by atoms with van der Waals surface area (Å²) in [4.78, 5) is 25.0. The lowest BCUT2D eigenvalue weighted by atomic mass is 9.77. The van der Waals surface area contributed by atoms with Crippen molar-refractivity contribution in [2.24, 2.45) is 5.73 Å². The van der Waals surface area contributed by atoms with Gasteiger partial charge < -0.3 is 35.3 Å². The van der Waals surface area contributed by atoms with Gasteiger partial charge in [-0.1, -0.05) is 6.07 Å². The summed E-state index contributed by atoms with van der Waals surface area (Å²) in [5, 5.41) is 28.5. The van der Waals surface area contributed by atoms with E-state index in [1.807, 2.05) is 0 Å². The Morgan fingerprint density at radius 3 is 2.81 bits per heavy atom. The van der Waals surface area contributed by atoms with Crippen molar-refractivity contribution in [3.05, 3.63) is 23.3 Å². The van der Waals surface area contributed by atoms with Crippen molar-refractivity contribution >= 4 is 19.0 Å². The Balaban J connectivity index is 1.51. The molecule has 0 bridgehead atoms. The Hall–Kier alpha value is -2.30. The minimum Gasteiger partial charge on any atom is -0.535 e. The molecule has 9 nitrogen and oxygen atoms in total. The van der Waals surface area contributed by atoms with Crippen molar-refractivity contribution in [3.8, 4) is 11.5 Å². The van der Waals surface area contributed by atoms with E-state index < -0.39 is 25.7 Å². The van der Waals surface area contributed by atoms with Gasteiger partial charge in [-0.15, -0.1) is 0 Å². The number of benzene rings is 1. The number of amides is 1. The van der Waals surface area contributed by atoms with E-state index in [-0.39, 0.29) is 53.9 Å². The summed E-state index contributed by atoms with van der Waals surface area (Å²) in [6.07, 6.45) is 0.404. The summed E-state index contributed by atoms with van der Waals surface area (Å²) in [7, 11) is -1.00. The maximum atomic E-state index is 11.8. The summed E-state index contributed by atoms with van der Waals surface area (Å²) in [6.45, 7) is 0.0877. The number of likely N-dealkylation sites (tertiary alicyclic amines) is 1. The van der Waals surface area contributed by atoms with Crippen LogP contribution in [0.1, 0.15) is 28.3 Å². The van der Waals surface area contributed by atoms with Gasteiger partial charge in [0.15, 0.2) is 0 Å². The quantitative estimate of drug-likeness (QED) is 0.490. The Bertz CT molecular complexity index is 767. The maximum absolute atomic E-state index is 11.8.